The summed E-state index contributed by atoms with van der Waals surface area (Å²) in [5.41, 5.74) is 5.90. The van der Waals surface area contributed by atoms with Crippen LogP contribution in [-0.4, -0.2) is 11.8 Å². The zero-order valence-corrected chi connectivity index (χ0v) is 8.92. The van der Waals surface area contributed by atoms with Crippen molar-refractivity contribution in [3.05, 3.63) is 0 Å². The van der Waals surface area contributed by atoms with Gasteiger partial charge < -0.3 is 5.73 Å². The van der Waals surface area contributed by atoms with Crippen LogP contribution in [0.1, 0.15) is 40.0 Å². The van der Waals surface area contributed by atoms with Crippen molar-refractivity contribution in [1.82, 2.24) is 0 Å². The molecule has 3 atom stereocenters. The van der Waals surface area contributed by atoms with Gasteiger partial charge in [0.15, 0.2) is 0 Å². The molecule has 0 aromatic carbocycles. The Hall–Kier alpha value is -0.370. The van der Waals surface area contributed by atoms with Gasteiger partial charge in [-0.1, -0.05) is 27.2 Å². The van der Waals surface area contributed by atoms with Gasteiger partial charge >= 0.3 is 0 Å². The number of rotatable bonds is 3. The number of carbonyl (C=O) groups excluding carboxylic acids is 1. The minimum Gasteiger partial charge on any atom is -0.327 e. The van der Waals surface area contributed by atoms with Crippen molar-refractivity contribution in [3.8, 4) is 0 Å². The second-order valence-corrected chi connectivity index (χ2v) is 4.64. The average Bonchev–Trinajstić information content (AvgIpc) is 2.48. The molecule has 2 nitrogen and oxygen atoms in total. The molecule has 0 radical (unpaired) electrons. The van der Waals surface area contributed by atoms with E-state index < -0.39 is 0 Å². The Bertz CT molecular complexity index is 189. The summed E-state index contributed by atoms with van der Waals surface area (Å²) in [7, 11) is 0. The Morgan fingerprint density at radius 1 is 1.31 bits per heavy atom. The maximum absolute atomic E-state index is 11.9. The highest BCUT2D eigenvalue weighted by molar-refractivity contribution is 5.84. The summed E-state index contributed by atoms with van der Waals surface area (Å²) in [5, 5.41) is 0. The lowest BCUT2D eigenvalue weighted by molar-refractivity contribution is -0.127. The van der Waals surface area contributed by atoms with Crippen molar-refractivity contribution in [2.24, 2.45) is 23.5 Å². The predicted molar refractivity (Wildman–Crippen MR) is 54.3 cm³/mol. The summed E-state index contributed by atoms with van der Waals surface area (Å²) < 4.78 is 0. The normalized spacial score (nSPS) is 30.8. The summed E-state index contributed by atoms with van der Waals surface area (Å²) in [6.07, 6.45) is 3.17. The summed E-state index contributed by atoms with van der Waals surface area (Å²) in [5.74, 6) is 1.16. The third-order valence-electron chi connectivity index (χ3n) is 3.38. The van der Waals surface area contributed by atoms with Crippen LogP contribution in [0, 0.1) is 17.8 Å². The first-order valence-corrected chi connectivity index (χ1v) is 5.33. The largest absolute Gasteiger partial charge is 0.327 e. The van der Waals surface area contributed by atoms with E-state index in [1.54, 1.807) is 0 Å². The number of nitrogens with two attached hydrogens (primary N) is 1. The average molecular weight is 183 g/mol. The zero-order chi connectivity index (χ0) is 10.0. The van der Waals surface area contributed by atoms with E-state index in [1.807, 2.05) is 6.92 Å². The molecule has 1 aliphatic rings. The molecule has 0 amide bonds. The Morgan fingerprint density at radius 3 is 2.31 bits per heavy atom. The molecule has 0 aromatic rings. The van der Waals surface area contributed by atoms with Crippen molar-refractivity contribution in [2.45, 2.75) is 46.1 Å². The maximum Gasteiger partial charge on any atom is 0.140 e. The summed E-state index contributed by atoms with van der Waals surface area (Å²) in [6.45, 7) is 6.23. The van der Waals surface area contributed by atoms with Gasteiger partial charge in [-0.05, 0) is 18.8 Å². The quantitative estimate of drug-likeness (QED) is 0.727. The number of carbonyl (C=O) groups is 1. The standard InChI is InChI=1S/C11H21NO/c1-7(2)8(3)11(13)9-5-4-6-10(9)12/h7-10H,4-6,12H2,1-3H3. The minimum atomic E-state index is 0.133. The molecule has 2 N–H and O–H groups in total. The lowest BCUT2D eigenvalue weighted by atomic mass is 9.84. The molecule has 0 saturated heterocycles. The molecule has 0 spiro atoms. The van der Waals surface area contributed by atoms with Gasteiger partial charge in [-0.3, -0.25) is 4.79 Å². The topological polar surface area (TPSA) is 43.1 Å². The molecule has 0 aromatic heterocycles. The maximum atomic E-state index is 11.9. The summed E-state index contributed by atoms with van der Waals surface area (Å²) in [6, 6.07) is 0.133. The highest BCUT2D eigenvalue weighted by Gasteiger charge is 2.33. The van der Waals surface area contributed by atoms with Crippen LogP contribution in [-0.2, 0) is 4.79 Å². The van der Waals surface area contributed by atoms with Gasteiger partial charge in [0.25, 0.3) is 0 Å². The van der Waals surface area contributed by atoms with Crippen LogP contribution in [0.2, 0.25) is 0 Å². The molecular formula is C11H21NO. The van der Waals surface area contributed by atoms with Gasteiger partial charge in [-0.15, -0.1) is 0 Å². The SMILES string of the molecule is CC(C)C(C)C(=O)C1CCCC1N. The fourth-order valence-electron chi connectivity index (χ4n) is 2.01. The van der Waals surface area contributed by atoms with E-state index in [4.69, 9.17) is 5.73 Å². The van der Waals surface area contributed by atoms with Gasteiger partial charge in [0.2, 0.25) is 0 Å². The first-order chi connectivity index (χ1) is 6.04. The minimum absolute atomic E-state index is 0.133. The first-order valence-electron chi connectivity index (χ1n) is 5.33. The van der Waals surface area contributed by atoms with Gasteiger partial charge in [0.1, 0.15) is 5.78 Å². The summed E-state index contributed by atoms with van der Waals surface area (Å²) >= 11 is 0. The molecular weight excluding hydrogens is 162 g/mol. The molecule has 2 heteroatoms. The third-order valence-corrected chi connectivity index (χ3v) is 3.38. The first kappa shape index (κ1) is 10.7. The molecule has 1 fully saturated rings. The van der Waals surface area contributed by atoms with E-state index in [-0.39, 0.29) is 17.9 Å². The number of Topliss-reactive ketones (excluding diaryl/α,β-unsaturated/α-hetero) is 1. The fourth-order valence-corrected chi connectivity index (χ4v) is 2.01. The van der Waals surface area contributed by atoms with Crippen LogP contribution in [0.3, 0.4) is 0 Å². The second kappa shape index (κ2) is 4.23. The van der Waals surface area contributed by atoms with Crippen LogP contribution >= 0.6 is 0 Å². The van der Waals surface area contributed by atoms with Crippen LogP contribution in [0.15, 0.2) is 0 Å². The van der Waals surface area contributed by atoms with Gasteiger partial charge in [-0.2, -0.15) is 0 Å². The lowest BCUT2D eigenvalue weighted by Crippen LogP contribution is -2.35. The molecule has 3 unspecified atom stereocenters. The van der Waals surface area contributed by atoms with Crippen molar-refractivity contribution in [3.63, 3.8) is 0 Å². The summed E-state index contributed by atoms with van der Waals surface area (Å²) in [4.78, 5) is 11.9. The second-order valence-electron chi connectivity index (χ2n) is 4.64. The lowest BCUT2D eigenvalue weighted by Gasteiger charge is -2.21. The van der Waals surface area contributed by atoms with Crippen LogP contribution < -0.4 is 5.73 Å². The van der Waals surface area contributed by atoms with Crippen molar-refractivity contribution >= 4 is 5.78 Å². The van der Waals surface area contributed by atoms with Crippen molar-refractivity contribution in [1.29, 1.82) is 0 Å². The van der Waals surface area contributed by atoms with E-state index in [9.17, 15) is 4.79 Å². The monoisotopic (exact) mass is 183 g/mol. The molecule has 1 aliphatic carbocycles. The van der Waals surface area contributed by atoms with Crippen LogP contribution in [0.5, 0.6) is 0 Å². The molecule has 0 heterocycles. The van der Waals surface area contributed by atoms with Crippen molar-refractivity contribution < 1.29 is 4.79 Å². The van der Waals surface area contributed by atoms with Crippen molar-refractivity contribution in [2.75, 3.05) is 0 Å². The molecule has 0 bridgehead atoms. The highest BCUT2D eigenvalue weighted by Crippen LogP contribution is 2.29. The van der Waals surface area contributed by atoms with E-state index in [1.165, 1.54) is 0 Å². The molecule has 13 heavy (non-hydrogen) atoms. The van der Waals surface area contributed by atoms with E-state index in [0.29, 0.717) is 11.7 Å². The van der Waals surface area contributed by atoms with Crippen LogP contribution in [0.4, 0.5) is 0 Å². The third kappa shape index (κ3) is 2.31. The van der Waals surface area contributed by atoms with Gasteiger partial charge in [0.05, 0.1) is 0 Å². The smallest absolute Gasteiger partial charge is 0.140 e. The van der Waals surface area contributed by atoms with Gasteiger partial charge in [-0.25, -0.2) is 0 Å². The Kier molecular flexibility index (Phi) is 3.48. The number of hydrogen-bond acceptors (Lipinski definition) is 2. The Labute approximate surface area is 80.9 Å². The fraction of sp³-hybridized carbons (Fsp3) is 0.909. The zero-order valence-electron chi connectivity index (χ0n) is 8.92. The molecule has 1 rings (SSSR count). The number of hydrogen-bond donors (Lipinski definition) is 1. The highest BCUT2D eigenvalue weighted by atomic mass is 16.1. The molecule has 0 aliphatic heterocycles. The van der Waals surface area contributed by atoms with E-state index in [2.05, 4.69) is 13.8 Å². The van der Waals surface area contributed by atoms with E-state index in [0.717, 1.165) is 19.3 Å². The van der Waals surface area contributed by atoms with Crippen LogP contribution in [0.25, 0.3) is 0 Å². The van der Waals surface area contributed by atoms with E-state index >= 15 is 0 Å². The van der Waals surface area contributed by atoms with Gasteiger partial charge in [0, 0.05) is 17.9 Å². The molecule has 76 valence electrons. The Balaban J connectivity index is 2.56. The number of ketones is 1. The predicted octanol–water partition coefficient (Wildman–Crippen LogP) is 1.98. The molecule has 1 saturated carbocycles. The Morgan fingerprint density at radius 2 is 1.92 bits per heavy atom.